The highest BCUT2D eigenvalue weighted by molar-refractivity contribution is 5.02. The molecule has 0 radical (unpaired) electrons. The Bertz CT molecular complexity index is 184. The molecule has 4 heteroatoms. The molecule has 0 saturated carbocycles. The Morgan fingerprint density at radius 1 is 1.42 bits per heavy atom. The standard InChI is InChI=1S/C8H14O4/c1-5-6-7(9-2)8(10-3,12-5)4-11-6/h5-7H,4H2,1-3H3/t5-,6+,7?,8+/m0/s1. The van der Waals surface area contributed by atoms with Gasteiger partial charge in [-0.1, -0.05) is 0 Å². The van der Waals surface area contributed by atoms with Gasteiger partial charge in [0.2, 0.25) is 5.79 Å². The fourth-order valence-corrected chi connectivity index (χ4v) is 2.03. The third kappa shape index (κ3) is 0.864. The Hall–Kier alpha value is -0.160. The minimum Gasteiger partial charge on any atom is -0.373 e. The van der Waals surface area contributed by atoms with Crippen molar-refractivity contribution in [1.82, 2.24) is 0 Å². The van der Waals surface area contributed by atoms with Crippen LogP contribution >= 0.6 is 0 Å². The summed E-state index contributed by atoms with van der Waals surface area (Å²) in [6, 6.07) is 0. The van der Waals surface area contributed by atoms with Crippen LogP contribution in [0.5, 0.6) is 0 Å². The van der Waals surface area contributed by atoms with Crippen LogP contribution in [0.25, 0.3) is 0 Å². The molecule has 70 valence electrons. The Labute approximate surface area is 71.7 Å². The summed E-state index contributed by atoms with van der Waals surface area (Å²) in [6.45, 7) is 2.44. The molecule has 2 fully saturated rings. The van der Waals surface area contributed by atoms with E-state index in [0.717, 1.165) is 0 Å². The molecule has 2 aliphatic rings. The second-order valence-corrected chi connectivity index (χ2v) is 3.27. The minimum atomic E-state index is -0.654. The van der Waals surface area contributed by atoms with Crippen molar-refractivity contribution in [2.24, 2.45) is 0 Å². The lowest BCUT2D eigenvalue weighted by Gasteiger charge is -2.28. The molecule has 0 aliphatic carbocycles. The number of hydrogen-bond acceptors (Lipinski definition) is 4. The predicted octanol–water partition coefficient (Wildman–Crippen LogP) is 0.162. The summed E-state index contributed by atoms with van der Waals surface area (Å²) in [5, 5.41) is 0. The quantitative estimate of drug-likeness (QED) is 0.597. The Balaban J connectivity index is 2.23. The Morgan fingerprint density at radius 2 is 2.17 bits per heavy atom. The zero-order chi connectivity index (χ0) is 8.77. The van der Waals surface area contributed by atoms with Gasteiger partial charge in [-0.3, -0.25) is 0 Å². The molecule has 0 aromatic heterocycles. The summed E-state index contributed by atoms with van der Waals surface area (Å²) < 4.78 is 21.7. The molecule has 12 heavy (non-hydrogen) atoms. The van der Waals surface area contributed by atoms with E-state index in [0.29, 0.717) is 6.61 Å². The van der Waals surface area contributed by atoms with Crippen molar-refractivity contribution in [3.05, 3.63) is 0 Å². The molecular formula is C8H14O4. The SMILES string of the molecule is COC1[C@@H]2OC[C@@]1(OC)O[C@H]2C. The summed E-state index contributed by atoms with van der Waals surface area (Å²) in [7, 11) is 3.28. The number of ether oxygens (including phenoxy) is 4. The zero-order valence-electron chi connectivity index (χ0n) is 7.57. The van der Waals surface area contributed by atoms with Crippen LogP contribution in [-0.2, 0) is 18.9 Å². The van der Waals surface area contributed by atoms with Gasteiger partial charge >= 0.3 is 0 Å². The lowest BCUT2D eigenvalue weighted by atomic mass is 10.1. The van der Waals surface area contributed by atoms with E-state index in [1.807, 2.05) is 6.92 Å². The van der Waals surface area contributed by atoms with E-state index in [4.69, 9.17) is 18.9 Å². The van der Waals surface area contributed by atoms with Gasteiger partial charge in [0.25, 0.3) is 0 Å². The summed E-state index contributed by atoms with van der Waals surface area (Å²) in [5.74, 6) is -0.654. The number of rotatable bonds is 2. The van der Waals surface area contributed by atoms with Crippen LogP contribution in [-0.4, -0.2) is 44.9 Å². The van der Waals surface area contributed by atoms with E-state index in [9.17, 15) is 0 Å². The minimum absolute atomic E-state index is 0.0231. The normalized spacial score (nSPS) is 51.8. The monoisotopic (exact) mass is 174 g/mol. The number of hydrogen-bond donors (Lipinski definition) is 0. The Morgan fingerprint density at radius 3 is 2.58 bits per heavy atom. The van der Waals surface area contributed by atoms with Crippen molar-refractivity contribution in [2.75, 3.05) is 20.8 Å². The maximum absolute atomic E-state index is 5.63. The van der Waals surface area contributed by atoms with Crippen molar-refractivity contribution in [1.29, 1.82) is 0 Å². The first-order valence-corrected chi connectivity index (χ1v) is 4.11. The molecule has 1 unspecified atom stereocenters. The molecule has 0 amide bonds. The van der Waals surface area contributed by atoms with Gasteiger partial charge in [-0.25, -0.2) is 0 Å². The first-order valence-electron chi connectivity index (χ1n) is 4.11. The van der Waals surface area contributed by atoms with Crippen molar-refractivity contribution < 1.29 is 18.9 Å². The van der Waals surface area contributed by atoms with Crippen LogP contribution in [0.1, 0.15) is 6.92 Å². The smallest absolute Gasteiger partial charge is 0.221 e. The summed E-state index contributed by atoms with van der Waals surface area (Å²) in [6.07, 6.45) is -0.00361. The van der Waals surface area contributed by atoms with Gasteiger partial charge in [0.15, 0.2) is 0 Å². The summed E-state index contributed by atoms with van der Waals surface area (Å²) in [4.78, 5) is 0. The average molecular weight is 174 g/mol. The highest BCUT2D eigenvalue weighted by Gasteiger charge is 2.61. The summed E-state index contributed by atoms with van der Waals surface area (Å²) in [5.41, 5.74) is 0. The fraction of sp³-hybridized carbons (Fsp3) is 1.00. The molecular weight excluding hydrogens is 160 g/mol. The van der Waals surface area contributed by atoms with Crippen LogP contribution in [0.2, 0.25) is 0 Å². The largest absolute Gasteiger partial charge is 0.373 e. The molecule has 2 saturated heterocycles. The first-order chi connectivity index (χ1) is 5.73. The maximum atomic E-state index is 5.63. The molecule has 2 rings (SSSR count). The van der Waals surface area contributed by atoms with Gasteiger partial charge in [-0.05, 0) is 6.92 Å². The fourth-order valence-electron chi connectivity index (χ4n) is 2.03. The zero-order valence-corrected chi connectivity index (χ0v) is 7.57. The van der Waals surface area contributed by atoms with Crippen LogP contribution in [0.4, 0.5) is 0 Å². The second-order valence-electron chi connectivity index (χ2n) is 3.27. The molecule has 0 aromatic rings. The molecule has 2 aliphatic heterocycles. The molecule has 2 bridgehead atoms. The van der Waals surface area contributed by atoms with Crippen LogP contribution in [0.15, 0.2) is 0 Å². The van der Waals surface area contributed by atoms with Gasteiger partial charge < -0.3 is 18.9 Å². The van der Waals surface area contributed by atoms with Crippen LogP contribution in [0.3, 0.4) is 0 Å². The molecule has 4 atom stereocenters. The van der Waals surface area contributed by atoms with E-state index < -0.39 is 5.79 Å². The third-order valence-corrected chi connectivity index (χ3v) is 2.66. The maximum Gasteiger partial charge on any atom is 0.221 e. The first kappa shape index (κ1) is 8.44. The highest BCUT2D eigenvalue weighted by atomic mass is 16.8. The van der Waals surface area contributed by atoms with Crippen LogP contribution in [0, 0.1) is 0 Å². The van der Waals surface area contributed by atoms with Gasteiger partial charge in [-0.15, -0.1) is 0 Å². The average Bonchev–Trinajstić information content (AvgIpc) is 2.56. The lowest BCUT2D eigenvalue weighted by molar-refractivity contribution is -0.264. The number of fused-ring (bicyclic) bond motifs is 2. The van der Waals surface area contributed by atoms with Gasteiger partial charge in [0, 0.05) is 14.2 Å². The van der Waals surface area contributed by atoms with Gasteiger partial charge in [0.1, 0.15) is 18.8 Å². The third-order valence-electron chi connectivity index (χ3n) is 2.66. The lowest BCUT2D eigenvalue weighted by Crippen LogP contribution is -2.43. The van der Waals surface area contributed by atoms with E-state index in [1.54, 1.807) is 14.2 Å². The van der Waals surface area contributed by atoms with Crippen LogP contribution < -0.4 is 0 Å². The Kier molecular flexibility index (Phi) is 1.88. The molecule has 0 N–H and O–H groups in total. The van der Waals surface area contributed by atoms with Gasteiger partial charge in [0.05, 0.1) is 6.10 Å². The summed E-state index contributed by atoms with van der Waals surface area (Å²) >= 11 is 0. The highest BCUT2D eigenvalue weighted by Crippen LogP contribution is 2.41. The van der Waals surface area contributed by atoms with E-state index in [1.165, 1.54) is 0 Å². The van der Waals surface area contributed by atoms with E-state index in [2.05, 4.69) is 0 Å². The van der Waals surface area contributed by atoms with Gasteiger partial charge in [-0.2, -0.15) is 0 Å². The van der Waals surface area contributed by atoms with E-state index >= 15 is 0 Å². The molecule has 0 aromatic carbocycles. The second kappa shape index (κ2) is 2.67. The molecule has 0 spiro atoms. The van der Waals surface area contributed by atoms with Crippen molar-refractivity contribution in [3.63, 3.8) is 0 Å². The van der Waals surface area contributed by atoms with Crippen molar-refractivity contribution >= 4 is 0 Å². The molecule has 4 nitrogen and oxygen atoms in total. The molecule has 2 heterocycles. The van der Waals surface area contributed by atoms with E-state index in [-0.39, 0.29) is 18.3 Å². The number of methoxy groups -OCH3 is 2. The van der Waals surface area contributed by atoms with Crippen molar-refractivity contribution in [3.8, 4) is 0 Å². The predicted molar refractivity (Wildman–Crippen MR) is 40.8 cm³/mol. The topological polar surface area (TPSA) is 36.9 Å². The van der Waals surface area contributed by atoms with Crippen molar-refractivity contribution in [2.45, 2.75) is 31.0 Å².